The Morgan fingerprint density at radius 2 is 1.87 bits per heavy atom. The van der Waals surface area contributed by atoms with Crippen LogP contribution in [-0.2, 0) is 16.0 Å². The number of benzene rings is 1. The SMILES string of the molecule is Cc1ccccc1CCNC(=O)COC(=O)c1cc[n+]([O-])cc1. The van der Waals surface area contributed by atoms with Gasteiger partial charge < -0.3 is 15.3 Å². The van der Waals surface area contributed by atoms with E-state index in [4.69, 9.17) is 4.74 Å². The number of nitrogens with zero attached hydrogens (tertiary/aromatic N) is 1. The predicted octanol–water partition coefficient (Wildman–Crippen LogP) is 1.14. The molecule has 2 rings (SSSR count). The van der Waals surface area contributed by atoms with Crippen molar-refractivity contribution in [2.75, 3.05) is 13.2 Å². The highest BCUT2D eigenvalue weighted by atomic mass is 16.5. The zero-order valence-corrected chi connectivity index (χ0v) is 12.8. The lowest BCUT2D eigenvalue weighted by molar-refractivity contribution is -0.605. The number of carbonyl (C=O) groups is 2. The molecule has 1 N–H and O–H groups in total. The van der Waals surface area contributed by atoms with Gasteiger partial charge in [0.25, 0.3) is 5.91 Å². The minimum Gasteiger partial charge on any atom is -0.619 e. The standard InChI is InChI=1S/C17H18N2O4/c1-13-4-2-3-5-14(13)6-9-18-16(20)12-23-17(21)15-7-10-19(22)11-8-15/h2-5,7-8,10-11H,6,9,12H2,1H3,(H,18,20). The third-order valence-corrected chi connectivity index (χ3v) is 3.35. The summed E-state index contributed by atoms with van der Waals surface area (Å²) in [5.41, 5.74) is 2.57. The smallest absolute Gasteiger partial charge is 0.339 e. The maximum absolute atomic E-state index is 11.7. The first-order valence-electron chi connectivity index (χ1n) is 7.23. The number of hydrogen-bond acceptors (Lipinski definition) is 4. The number of pyridine rings is 1. The Kier molecular flexibility index (Phi) is 5.68. The van der Waals surface area contributed by atoms with Gasteiger partial charge in [0.1, 0.15) is 0 Å². The molecular formula is C17H18N2O4. The van der Waals surface area contributed by atoms with E-state index in [2.05, 4.69) is 5.32 Å². The molecule has 6 heteroatoms. The minimum atomic E-state index is -0.639. The highest BCUT2D eigenvalue weighted by molar-refractivity contribution is 5.91. The van der Waals surface area contributed by atoms with Gasteiger partial charge in [0.15, 0.2) is 19.0 Å². The lowest BCUT2D eigenvalue weighted by atomic mass is 10.1. The van der Waals surface area contributed by atoms with Gasteiger partial charge in [0, 0.05) is 18.7 Å². The number of esters is 1. The van der Waals surface area contributed by atoms with Crippen LogP contribution in [0.15, 0.2) is 48.8 Å². The highest BCUT2D eigenvalue weighted by Gasteiger charge is 2.11. The van der Waals surface area contributed by atoms with E-state index >= 15 is 0 Å². The van der Waals surface area contributed by atoms with Crippen molar-refractivity contribution in [3.63, 3.8) is 0 Å². The number of ether oxygens (including phenoxy) is 1. The Bertz CT molecular complexity index is 683. The topological polar surface area (TPSA) is 82.3 Å². The fraction of sp³-hybridized carbons (Fsp3) is 0.235. The molecule has 0 aliphatic rings. The van der Waals surface area contributed by atoms with Crippen LogP contribution in [-0.4, -0.2) is 25.0 Å². The molecule has 0 bridgehead atoms. The number of nitrogens with one attached hydrogen (secondary N) is 1. The zero-order valence-electron chi connectivity index (χ0n) is 12.8. The Labute approximate surface area is 134 Å². The van der Waals surface area contributed by atoms with Crippen molar-refractivity contribution in [1.29, 1.82) is 0 Å². The summed E-state index contributed by atoms with van der Waals surface area (Å²) in [6, 6.07) is 10.6. The monoisotopic (exact) mass is 314 g/mol. The van der Waals surface area contributed by atoms with Crippen molar-refractivity contribution in [2.45, 2.75) is 13.3 Å². The molecule has 0 radical (unpaired) electrons. The molecule has 0 aliphatic heterocycles. The second kappa shape index (κ2) is 7.93. The molecule has 1 heterocycles. The van der Waals surface area contributed by atoms with Crippen LogP contribution < -0.4 is 10.0 Å². The fourth-order valence-corrected chi connectivity index (χ4v) is 2.04. The number of hydrogen-bond donors (Lipinski definition) is 1. The summed E-state index contributed by atoms with van der Waals surface area (Å²) in [6.07, 6.45) is 3.10. The average Bonchev–Trinajstić information content (AvgIpc) is 2.55. The second-order valence-corrected chi connectivity index (χ2v) is 5.05. The molecule has 1 amide bonds. The Morgan fingerprint density at radius 3 is 2.57 bits per heavy atom. The van der Waals surface area contributed by atoms with Crippen molar-refractivity contribution in [2.24, 2.45) is 0 Å². The quantitative estimate of drug-likeness (QED) is 0.492. The normalized spacial score (nSPS) is 10.1. The summed E-state index contributed by atoms with van der Waals surface area (Å²) >= 11 is 0. The summed E-state index contributed by atoms with van der Waals surface area (Å²) in [4.78, 5) is 23.4. The van der Waals surface area contributed by atoms with E-state index in [1.165, 1.54) is 35.7 Å². The number of aryl methyl sites for hydroxylation is 1. The van der Waals surface area contributed by atoms with Crippen LogP contribution in [0.1, 0.15) is 21.5 Å². The molecule has 0 unspecified atom stereocenters. The second-order valence-electron chi connectivity index (χ2n) is 5.05. The third-order valence-electron chi connectivity index (χ3n) is 3.35. The van der Waals surface area contributed by atoms with E-state index in [0.29, 0.717) is 17.7 Å². The molecule has 120 valence electrons. The van der Waals surface area contributed by atoms with E-state index in [1.54, 1.807) is 0 Å². The Balaban J connectivity index is 1.72. The summed E-state index contributed by atoms with van der Waals surface area (Å²) < 4.78 is 5.46. The van der Waals surface area contributed by atoms with Crippen LogP contribution in [0, 0.1) is 12.1 Å². The largest absolute Gasteiger partial charge is 0.619 e. The maximum atomic E-state index is 11.7. The van der Waals surface area contributed by atoms with Crippen molar-refractivity contribution in [3.8, 4) is 0 Å². The number of amides is 1. The Morgan fingerprint density at radius 1 is 1.17 bits per heavy atom. The van der Waals surface area contributed by atoms with Crippen molar-refractivity contribution >= 4 is 11.9 Å². The predicted molar refractivity (Wildman–Crippen MR) is 83.6 cm³/mol. The summed E-state index contributed by atoms with van der Waals surface area (Å²) in [7, 11) is 0. The first kappa shape index (κ1) is 16.5. The average molecular weight is 314 g/mol. The van der Waals surface area contributed by atoms with Gasteiger partial charge in [-0.15, -0.1) is 0 Å². The molecule has 0 saturated carbocycles. The van der Waals surface area contributed by atoms with Gasteiger partial charge in [-0.25, -0.2) is 4.79 Å². The molecule has 0 fully saturated rings. The molecule has 1 aromatic heterocycles. The fourth-order valence-electron chi connectivity index (χ4n) is 2.04. The van der Waals surface area contributed by atoms with Crippen molar-refractivity contribution < 1.29 is 19.1 Å². The molecule has 0 aliphatic carbocycles. The molecule has 1 aromatic carbocycles. The summed E-state index contributed by atoms with van der Waals surface area (Å²) in [5.74, 6) is -0.999. The van der Waals surface area contributed by atoms with Gasteiger partial charge in [-0.05, 0) is 24.5 Å². The lowest BCUT2D eigenvalue weighted by Gasteiger charge is -2.08. The number of rotatable bonds is 6. The van der Waals surface area contributed by atoms with Crippen molar-refractivity contribution in [3.05, 3.63) is 70.7 Å². The van der Waals surface area contributed by atoms with E-state index in [9.17, 15) is 14.8 Å². The van der Waals surface area contributed by atoms with E-state index in [0.717, 1.165) is 0 Å². The first-order chi connectivity index (χ1) is 11.1. The summed E-state index contributed by atoms with van der Waals surface area (Å²) in [5, 5.41) is 13.6. The number of aromatic nitrogens is 1. The van der Waals surface area contributed by atoms with Crippen LogP contribution in [0.3, 0.4) is 0 Å². The van der Waals surface area contributed by atoms with E-state index < -0.39 is 5.97 Å². The molecule has 2 aromatic rings. The zero-order chi connectivity index (χ0) is 16.7. The lowest BCUT2D eigenvalue weighted by Crippen LogP contribution is -2.30. The van der Waals surface area contributed by atoms with Crippen molar-refractivity contribution in [1.82, 2.24) is 5.32 Å². The van der Waals surface area contributed by atoms with Gasteiger partial charge in [-0.2, -0.15) is 4.73 Å². The van der Waals surface area contributed by atoms with Gasteiger partial charge in [-0.1, -0.05) is 24.3 Å². The van der Waals surface area contributed by atoms with E-state index in [1.807, 2.05) is 31.2 Å². The van der Waals surface area contributed by atoms with Gasteiger partial charge in [-0.3, -0.25) is 4.79 Å². The van der Waals surface area contributed by atoms with Crippen LogP contribution in [0.25, 0.3) is 0 Å². The van der Waals surface area contributed by atoms with Gasteiger partial charge in [0.2, 0.25) is 0 Å². The number of carbonyl (C=O) groups excluding carboxylic acids is 2. The van der Waals surface area contributed by atoms with Crippen LogP contribution in [0.4, 0.5) is 0 Å². The molecular weight excluding hydrogens is 296 g/mol. The third kappa shape index (κ3) is 5.10. The first-order valence-corrected chi connectivity index (χ1v) is 7.23. The highest BCUT2D eigenvalue weighted by Crippen LogP contribution is 2.06. The minimum absolute atomic E-state index is 0.227. The maximum Gasteiger partial charge on any atom is 0.339 e. The summed E-state index contributed by atoms with van der Waals surface area (Å²) in [6.45, 7) is 2.14. The van der Waals surface area contributed by atoms with Crippen LogP contribution in [0.2, 0.25) is 0 Å². The molecule has 0 spiro atoms. The van der Waals surface area contributed by atoms with Gasteiger partial charge >= 0.3 is 5.97 Å². The van der Waals surface area contributed by atoms with Crippen LogP contribution >= 0.6 is 0 Å². The van der Waals surface area contributed by atoms with Crippen LogP contribution in [0.5, 0.6) is 0 Å². The molecule has 6 nitrogen and oxygen atoms in total. The van der Waals surface area contributed by atoms with E-state index in [-0.39, 0.29) is 18.1 Å². The molecule has 23 heavy (non-hydrogen) atoms. The molecule has 0 saturated heterocycles. The Hall–Kier alpha value is -2.89. The van der Waals surface area contributed by atoms with Gasteiger partial charge in [0.05, 0.1) is 5.56 Å². The molecule has 0 atom stereocenters.